The van der Waals surface area contributed by atoms with Gasteiger partial charge >= 0.3 is 0 Å². The number of amides is 1. The van der Waals surface area contributed by atoms with Crippen molar-refractivity contribution in [2.45, 2.75) is 43.8 Å². The van der Waals surface area contributed by atoms with E-state index in [1.54, 1.807) is 0 Å². The summed E-state index contributed by atoms with van der Waals surface area (Å²) in [4.78, 5) is 15.0. The van der Waals surface area contributed by atoms with Crippen LogP contribution in [-0.2, 0) is 22.4 Å². The number of carbonyl (C=O) groups excluding carboxylic acids is 1. The maximum Gasteiger partial charge on any atom is 0.232 e. The minimum Gasteiger partial charge on any atom is -0.378 e. The summed E-state index contributed by atoms with van der Waals surface area (Å²) in [7, 11) is 0. The van der Waals surface area contributed by atoms with Crippen LogP contribution >= 0.6 is 11.8 Å². The molecule has 178 valence electrons. The van der Waals surface area contributed by atoms with E-state index in [0.717, 1.165) is 31.1 Å². The lowest BCUT2D eigenvalue weighted by atomic mass is 9.89. The molecule has 1 N–H and O–H groups in total. The molecule has 0 saturated carbocycles. The summed E-state index contributed by atoms with van der Waals surface area (Å²) in [5.74, 6) is 1.06. The third kappa shape index (κ3) is 5.13. The van der Waals surface area contributed by atoms with Crippen molar-refractivity contribution < 1.29 is 9.53 Å². The summed E-state index contributed by atoms with van der Waals surface area (Å²) in [6.45, 7) is 4.94. The number of aromatic nitrogens is 3. The molecule has 3 aromatic rings. The molecule has 0 bridgehead atoms. The van der Waals surface area contributed by atoms with Crippen molar-refractivity contribution in [1.82, 2.24) is 20.1 Å². The van der Waals surface area contributed by atoms with Crippen LogP contribution in [0.25, 0.3) is 5.69 Å². The summed E-state index contributed by atoms with van der Waals surface area (Å²) < 4.78 is 7.54. The minimum atomic E-state index is -0.0313. The van der Waals surface area contributed by atoms with Gasteiger partial charge in [0.15, 0.2) is 5.16 Å². The maximum atomic E-state index is 12.8. The fraction of sp³-hybridized carbons (Fsp3) is 0.423. The van der Waals surface area contributed by atoms with Crippen LogP contribution in [-0.4, -0.2) is 52.7 Å². The molecule has 1 unspecified atom stereocenters. The molecule has 1 aliphatic carbocycles. The Morgan fingerprint density at radius 2 is 1.82 bits per heavy atom. The highest BCUT2D eigenvalue weighted by atomic mass is 32.2. The third-order valence-electron chi connectivity index (χ3n) is 6.51. The van der Waals surface area contributed by atoms with Crippen LogP contribution in [0.3, 0.4) is 0 Å². The van der Waals surface area contributed by atoms with E-state index >= 15 is 0 Å². The van der Waals surface area contributed by atoms with Gasteiger partial charge in [-0.3, -0.25) is 9.36 Å². The molecule has 1 atom stereocenters. The number of fused-ring (bicyclic) bond motifs is 1. The Bertz CT molecular complexity index is 1130. The number of thioether (sulfide) groups is 1. The Morgan fingerprint density at radius 3 is 2.62 bits per heavy atom. The molecule has 1 aliphatic heterocycles. The molecule has 1 fully saturated rings. The van der Waals surface area contributed by atoms with Gasteiger partial charge in [0, 0.05) is 13.1 Å². The van der Waals surface area contributed by atoms with Gasteiger partial charge in [-0.15, -0.1) is 10.2 Å². The van der Waals surface area contributed by atoms with Crippen LogP contribution in [0.4, 0.5) is 5.95 Å². The number of nitrogens with zero attached hydrogens (tertiary/aromatic N) is 4. The molecule has 1 saturated heterocycles. The van der Waals surface area contributed by atoms with Gasteiger partial charge in [0.25, 0.3) is 0 Å². The van der Waals surface area contributed by atoms with Gasteiger partial charge < -0.3 is 15.0 Å². The van der Waals surface area contributed by atoms with Crippen LogP contribution in [0, 0.1) is 0 Å². The maximum absolute atomic E-state index is 12.8. The van der Waals surface area contributed by atoms with E-state index in [4.69, 9.17) is 4.74 Å². The SMILES string of the molecule is CC(NC(=O)CSc1nnc(N2CCOCC2)n1-c1ccccc1)c1ccc2c(c1)CCCC2. The zero-order valence-corrected chi connectivity index (χ0v) is 20.4. The fourth-order valence-electron chi connectivity index (χ4n) is 4.65. The second-order valence-corrected chi connectivity index (χ2v) is 9.81. The van der Waals surface area contributed by atoms with E-state index in [1.807, 2.05) is 34.9 Å². The zero-order valence-electron chi connectivity index (χ0n) is 19.6. The number of hydrogen-bond acceptors (Lipinski definition) is 6. The monoisotopic (exact) mass is 477 g/mol. The second kappa shape index (κ2) is 10.6. The molecule has 0 spiro atoms. The highest BCUT2D eigenvalue weighted by molar-refractivity contribution is 7.99. The second-order valence-electron chi connectivity index (χ2n) is 8.87. The first-order chi connectivity index (χ1) is 16.7. The first-order valence-corrected chi connectivity index (χ1v) is 13.0. The predicted octanol–water partition coefficient (Wildman–Crippen LogP) is 3.95. The Kier molecular flexibility index (Phi) is 7.16. The number of morpholine rings is 1. The number of rotatable bonds is 7. The molecule has 7 nitrogen and oxygen atoms in total. The van der Waals surface area contributed by atoms with E-state index in [-0.39, 0.29) is 17.7 Å². The highest BCUT2D eigenvalue weighted by Crippen LogP contribution is 2.28. The lowest BCUT2D eigenvalue weighted by Crippen LogP contribution is -2.37. The van der Waals surface area contributed by atoms with E-state index in [9.17, 15) is 4.79 Å². The summed E-state index contributed by atoms with van der Waals surface area (Å²) in [6, 6.07) is 16.7. The van der Waals surface area contributed by atoms with Gasteiger partial charge in [0.1, 0.15) is 0 Å². The first-order valence-electron chi connectivity index (χ1n) is 12.1. The quantitative estimate of drug-likeness (QED) is 0.520. The van der Waals surface area contributed by atoms with Gasteiger partial charge in [-0.2, -0.15) is 0 Å². The van der Waals surface area contributed by atoms with Crippen molar-refractivity contribution in [3.8, 4) is 5.69 Å². The summed E-state index contributed by atoms with van der Waals surface area (Å²) in [5.41, 5.74) is 5.05. The molecule has 1 amide bonds. The summed E-state index contributed by atoms with van der Waals surface area (Å²) >= 11 is 1.41. The largest absolute Gasteiger partial charge is 0.378 e. The van der Waals surface area contributed by atoms with Gasteiger partial charge in [-0.1, -0.05) is 48.2 Å². The van der Waals surface area contributed by atoms with Crippen LogP contribution in [0.15, 0.2) is 53.7 Å². The normalized spacial score (nSPS) is 16.7. The predicted molar refractivity (Wildman–Crippen MR) is 135 cm³/mol. The number of hydrogen-bond donors (Lipinski definition) is 1. The summed E-state index contributed by atoms with van der Waals surface area (Å²) in [5, 5.41) is 12.8. The molecular weight excluding hydrogens is 446 g/mol. The van der Waals surface area contributed by atoms with Gasteiger partial charge in [0.2, 0.25) is 11.9 Å². The number of anilines is 1. The van der Waals surface area contributed by atoms with E-state index < -0.39 is 0 Å². The average Bonchev–Trinajstić information content (AvgIpc) is 3.32. The van der Waals surface area contributed by atoms with Crippen molar-refractivity contribution in [3.05, 3.63) is 65.2 Å². The van der Waals surface area contributed by atoms with E-state index in [0.29, 0.717) is 18.4 Å². The molecule has 2 aliphatic rings. The molecule has 8 heteroatoms. The smallest absolute Gasteiger partial charge is 0.232 e. The van der Waals surface area contributed by atoms with Crippen LogP contribution < -0.4 is 10.2 Å². The number of aryl methyl sites for hydroxylation is 2. The van der Waals surface area contributed by atoms with Crippen molar-refractivity contribution in [3.63, 3.8) is 0 Å². The lowest BCUT2D eigenvalue weighted by Gasteiger charge is -2.27. The Labute approximate surface area is 204 Å². The standard InChI is InChI=1S/C26H31N5O2S/c1-19(21-12-11-20-7-5-6-8-22(20)17-21)27-24(32)18-34-26-29-28-25(30-13-15-33-16-14-30)31(26)23-9-3-2-4-10-23/h2-4,9-12,17,19H,5-8,13-16,18H2,1H3,(H,27,32). The Morgan fingerprint density at radius 1 is 1.06 bits per heavy atom. The van der Waals surface area contributed by atoms with Crippen LogP contribution in [0.5, 0.6) is 0 Å². The molecule has 1 aromatic heterocycles. The highest BCUT2D eigenvalue weighted by Gasteiger charge is 2.22. The fourth-order valence-corrected chi connectivity index (χ4v) is 5.40. The number of ether oxygens (including phenoxy) is 1. The van der Waals surface area contributed by atoms with Crippen LogP contribution in [0.1, 0.15) is 42.5 Å². The molecule has 34 heavy (non-hydrogen) atoms. The van der Waals surface area contributed by atoms with Gasteiger partial charge in [-0.05, 0) is 61.4 Å². The lowest BCUT2D eigenvalue weighted by molar-refractivity contribution is -0.119. The third-order valence-corrected chi connectivity index (χ3v) is 7.44. The van der Waals surface area contributed by atoms with Crippen molar-refractivity contribution in [2.24, 2.45) is 0 Å². The van der Waals surface area contributed by atoms with E-state index in [1.165, 1.54) is 47.7 Å². The number of carbonyl (C=O) groups is 1. The molecule has 5 rings (SSSR count). The number of nitrogens with one attached hydrogen (secondary N) is 1. The average molecular weight is 478 g/mol. The minimum absolute atomic E-state index is 0.00856. The summed E-state index contributed by atoms with van der Waals surface area (Å²) in [6.07, 6.45) is 4.83. The van der Waals surface area contributed by atoms with Crippen LogP contribution in [0.2, 0.25) is 0 Å². The van der Waals surface area contributed by atoms with Gasteiger partial charge in [0.05, 0.1) is 30.7 Å². The van der Waals surface area contributed by atoms with Crippen molar-refractivity contribution in [1.29, 1.82) is 0 Å². The topological polar surface area (TPSA) is 72.3 Å². The zero-order chi connectivity index (χ0) is 23.3. The van der Waals surface area contributed by atoms with E-state index in [2.05, 4.69) is 45.5 Å². The van der Waals surface area contributed by atoms with Gasteiger partial charge in [-0.25, -0.2) is 0 Å². The van der Waals surface area contributed by atoms with Crippen molar-refractivity contribution in [2.75, 3.05) is 37.0 Å². The molecule has 2 aromatic carbocycles. The Balaban J connectivity index is 1.27. The Hall–Kier alpha value is -2.84. The molecular formula is C26H31N5O2S. The number of benzene rings is 2. The first kappa shape index (κ1) is 22.9. The molecule has 2 heterocycles. The number of para-hydroxylation sites is 1. The van der Waals surface area contributed by atoms with Crippen molar-refractivity contribution >= 4 is 23.6 Å². The molecule has 0 radical (unpaired) electrons.